The molecule has 2 aromatic heterocycles. The maximum Gasteiger partial charge on any atom is 0.265 e. The molecule has 21 heavy (non-hydrogen) atoms. The van der Waals surface area contributed by atoms with Crippen molar-refractivity contribution in [2.24, 2.45) is 13.0 Å². The van der Waals surface area contributed by atoms with Gasteiger partial charge in [-0.2, -0.15) is 0 Å². The number of nitrogens with two attached hydrogens (primary N) is 1. The average Bonchev–Trinajstić information content (AvgIpc) is 3.00. The van der Waals surface area contributed by atoms with Gasteiger partial charge in [-0.25, -0.2) is 9.97 Å². The fraction of sp³-hybridized carbons (Fsp3) is 0.462. The Bertz CT molecular complexity index is 618. The van der Waals surface area contributed by atoms with Crippen LogP contribution < -0.4 is 16.4 Å². The maximum absolute atomic E-state index is 12.1. The van der Waals surface area contributed by atoms with Crippen LogP contribution in [0.25, 0.3) is 0 Å². The van der Waals surface area contributed by atoms with Crippen molar-refractivity contribution in [3.63, 3.8) is 0 Å². The third kappa shape index (κ3) is 3.94. The fourth-order valence-electron chi connectivity index (χ4n) is 1.67. The molecule has 0 aliphatic rings. The SMILES string of the molecule is CC(C)CNc1nc(N)c(C(=O)NCc2nccn2C)s1. The summed E-state index contributed by atoms with van der Waals surface area (Å²) in [6, 6.07) is 0. The Morgan fingerprint density at radius 1 is 1.52 bits per heavy atom. The van der Waals surface area contributed by atoms with Crippen molar-refractivity contribution in [1.29, 1.82) is 0 Å². The van der Waals surface area contributed by atoms with Gasteiger partial charge in [-0.1, -0.05) is 25.2 Å². The number of thiazole rings is 1. The lowest BCUT2D eigenvalue weighted by Crippen LogP contribution is -2.24. The summed E-state index contributed by atoms with van der Waals surface area (Å²) in [6.45, 7) is 5.35. The van der Waals surface area contributed by atoms with Gasteiger partial charge in [-0.15, -0.1) is 0 Å². The summed E-state index contributed by atoms with van der Waals surface area (Å²) in [7, 11) is 1.88. The van der Waals surface area contributed by atoms with E-state index >= 15 is 0 Å². The topological polar surface area (TPSA) is 97.9 Å². The molecule has 4 N–H and O–H groups in total. The van der Waals surface area contributed by atoms with Gasteiger partial charge >= 0.3 is 0 Å². The van der Waals surface area contributed by atoms with Crippen molar-refractivity contribution in [2.45, 2.75) is 20.4 Å². The first kappa shape index (κ1) is 15.3. The van der Waals surface area contributed by atoms with Crippen LogP contribution in [-0.2, 0) is 13.6 Å². The number of imidazole rings is 1. The standard InChI is InChI=1S/C13H20N6OS/c1-8(2)6-17-13-18-11(14)10(21-13)12(20)16-7-9-15-4-5-19(9)3/h4-5,8H,6-7,14H2,1-3H3,(H,16,20)(H,17,18). The molecule has 0 saturated carbocycles. The summed E-state index contributed by atoms with van der Waals surface area (Å²) in [4.78, 5) is 20.9. The summed E-state index contributed by atoms with van der Waals surface area (Å²) in [5.74, 6) is 1.30. The van der Waals surface area contributed by atoms with Crippen LogP contribution in [0.3, 0.4) is 0 Å². The number of hydrogen-bond donors (Lipinski definition) is 3. The van der Waals surface area contributed by atoms with E-state index in [4.69, 9.17) is 5.73 Å². The van der Waals surface area contributed by atoms with E-state index in [1.807, 2.05) is 17.8 Å². The van der Waals surface area contributed by atoms with Gasteiger partial charge in [0, 0.05) is 26.0 Å². The second kappa shape index (κ2) is 6.57. The van der Waals surface area contributed by atoms with E-state index in [2.05, 4.69) is 34.4 Å². The highest BCUT2D eigenvalue weighted by Gasteiger charge is 2.16. The van der Waals surface area contributed by atoms with Crippen LogP contribution in [-0.4, -0.2) is 27.0 Å². The van der Waals surface area contributed by atoms with Crippen LogP contribution in [0, 0.1) is 5.92 Å². The number of carbonyl (C=O) groups is 1. The van der Waals surface area contributed by atoms with E-state index in [-0.39, 0.29) is 11.7 Å². The zero-order chi connectivity index (χ0) is 15.4. The number of carbonyl (C=O) groups excluding carboxylic acids is 1. The molecule has 0 spiro atoms. The van der Waals surface area contributed by atoms with Crippen molar-refractivity contribution in [3.05, 3.63) is 23.1 Å². The summed E-state index contributed by atoms with van der Waals surface area (Å²) >= 11 is 1.26. The van der Waals surface area contributed by atoms with Crippen molar-refractivity contribution in [1.82, 2.24) is 19.9 Å². The second-order valence-corrected chi connectivity index (χ2v) is 6.14. The molecule has 2 aromatic rings. The molecular formula is C13H20N6OS. The Morgan fingerprint density at radius 3 is 2.90 bits per heavy atom. The van der Waals surface area contributed by atoms with Gasteiger partial charge in [0.05, 0.1) is 6.54 Å². The smallest absolute Gasteiger partial charge is 0.265 e. The number of aryl methyl sites for hydroxylation is 1. The third-order valence-corrected chi connectivity index (χ3v) is 3.88. The lowest BCUT2D eigenvalue weighted by atomic mass is 10.2. The van der Waals surface area contributed by atoms with Gasteiger partial charge in [0.15, 0.2) is 5.13 Å². The highest BCUT2D eigenvalue weighted by Crippen LogP contribution is 2.25. The van der Waals surface area contributed by atoms with Gasteiger partial charge in [0.2, 0.25) is 0 Å². The molecule has 114 valence electrons. The van der Waals surface area contributed by atoms with Crippen LogP contribution in [0.1, 0.15) is 29.3 Å². The second-order valence-electron chi connectivity index (χ2n) is 5.15. The van der Waals surface area contributed by atoms with Crippen LogP contribution in [0.2, 0.25) is 0 Å². The van der Waals surface area contributed by atoms with Crippen molar-refractivity contribution < 1.29 is 4.79 Å². The van der Waals surface area contributed by atoms with E-state index in [0.29, 0.717) is 22.5 Å². The quantitative estimate of drug-likeness (QED) is 0.750. The normalized spacial score (nSPS) is 10.9. The number of nitrogens with zero attached hydrogens (tertiary/aromatic N) is 3. The van der Waals surface area contributed by atoms with Crippen molar-refractivity contribution in [3.8, 4) is 0 Å². The van der Waals surface area contributed by atoms with Gasteiger partial charge < -0.3 is 20.9 Å². The first-order valence-corrected chi connectivity index (χ1v) is 7.53. The van der Waals surface area contributed by atoms with Crippen LogP contribution in [0.5, 0.6) is 0 Å². The minimum Gasteiger partial charge on any atom is -0.382 e. The molecule has 0 unspecified atom stereocenters. The molecule has 0 aliphatic carbocycles. The van der Waals surface area contributed by atoms with Gasteiger partial charge in [0.1, 0.15) is 16.5 Å². The summed E-state index contributed by atoms with van der Waals surface area (Å²) in [5, 5.41) is 6.64. The van der Waals surface area contributed by atoms with Gasteiger partial charge in [-0.05, 0) is 5.92 Å². The summed E-state index contributed by atoms with van der Waals surface area (Å²) in [6.07, 6.45) is 3.52. The largest absolute Gasteiger partial charge is 0.382 e. The van der Waals surface area contributed by atoms with Crippen molar-refractivity contribution in [2.75, 3.05) is 17.6 Å². The van der Waals surface area contributed by atoms with Gasteiger partial charge in [-0.3, -0.25) is 4.79 Å². The number of nitrogens with one attached hydrogen (secondary N) is 2. The fourth-order valence-corrected chi connectivity index (χ4v) is 2.48. The Kier molecular flexibility index (Phi) is 4.79. The van der Waals surface area contributed by atoms with Gasteiger partial charge in [0.25, 0.3) is 5.91 Å². The molecule has 7 nitrogen and oxygen atoms in total. The van der Waals surface area contributed by atoms with E-state index < -0.39 is 0 Å². The van der Waals surface area contributed by atoms with E-state index in [0.717, 1.165) is 12.4 Å². The molecule has 0 radical (unpaired) electrons. The predicted molar refractivity (Wildman–Crippen MR) is 84.2 cm³/mol. The molecule has 0 saturated heterocycles. The average molecular weight is 308 g/mol. The number of nitrogen functional groups attached to an aromatic ring is 1. The Balaban J connectivity index is 1.97. The van der Waals surface area contributed by atoms with Crippen molar-refractivity contribution >= 4 is 28.2 Å². The minimum atomic E-state index is -0.231. The maximum atomic E-state index is 12.1. The number of hydrogen-bond acceptors (Lipinski definition) is 6. The Labute approximate surface area is 127 Å². The number of aromatic nitrogens is 3. The zero-order valence-electron chi connectivity index (χ0n) is 12.4. The van der Waals surface area contributed by atoms with Crippen LogP contribution in [0.4, 0.5) is 10.9 Å². The Hall–Kier alpha value is -2.09. The summed E-state index contributed by atoms with van der Waals surface area (Å²) in [5.41, 5.74) is 5.81. The lowest BCUT2D eigenvalue weighted by Gasteiger charge is -2.04. The number of amides is 1. The summed E-state index contributed by atoms with van der Waals surface area (Å²) < 4.78 is 1.85. The highest BCUT2D eigenvalue weighted by molar-refractivity contribution is 7.18. The number of anilines is 2. The molecule has 0 fully saturated rings. The molecule has 2 rings (SSSR count). The Morgan fingerprint density at radius 2 is 2.29 bits per heavy atom. The first-order valence-electron chi connectivity index (χ1n) is 6.72. The van der Waals surface area contributed by atoms with E-state index in [1.165, 1.54) is 11.3 Å². The molecule has 0 atom stereocenters. The molecular weight excluding hydrogens is 288 g/mol. The van der Waals surface area contributed by atoms with E-state index in [1.54, 1.807) is 6.20 Å². The number of rotatable bonds is 6. The molecule has 0 bridgehead atoms. The first-order chi connectivity index (χ1) is 9.97. The molecule has 2 heterocycles. The lowest BCUT2D eigenvalue weighted by molar-refractivity contribution is 0.0954. The predicted octanol–water partition coefficient (Wildman–Crippen LogP) is 1.46. The molecule has 0 aliphatic heterocycles. The zero-order valence-corrected chi connectivity index (χ0v) is 13.2. The van der Waals surface area contributed by atoms with Crippen LogP contribution in [0.15, 0.2) is 12.4 Å². The molecule has 1 amide bonds. The van der Waals surface area contributed by atoms with Crippen LogP contribution >= 0.6 is 11.3 Å². The minimum absolute atomic E-state index is 0.231. The highest BCUT2D eigenvalue weighted by atomic mass is 32.1. The third-order valence-electron chi connectivity index (χ3n) is 2.85. The van der Waals surface area contributed by atoms with E-state index in [9.17, 15) is 4.79 Å². The molecule has 8 heteroatoms. The monoisotopic (exact) mass is 308 g/mol. The molecule has 0 aromatic carbocycles.